The number of aliphatic hydroxyl groups is 2. The van der Waals surface area contributed by atoms with Gasteiger partial charge in [-0.15, -0.1) is 0 Å². The van der Waals surface area contributed by atoms with E-state index in [0.717, 1.165) is 0 Å². The maximum Gasteiger partial charge on any atom is 0.257 e. The Labute approximate surface area is 231 Å². The lowest BCUT2D eigenvalue weighted by molar-refractivity contribution is -0.132. The molecule has 38 heavy (non-hydrogen) atoms. The minimum absolute atomic E-state index is 0.0305. The normalized spacial score (nSPS) is 21.4. The van der Waals surface area contributed by atoms with Crippen LogP contribution in [-0.4, -0.2) is 49.9 Å². The highest BCUT2D eigenvalue weighted by Gasteiger charge is 2.50. The van der Waals surface area contributed by atoms with Gasteiger partial charge < -0.3 is 15.1 Å². The number of amides is 2. The first-order valence-corrected chi connectivity index (χ1v) is 13.3. The van der Waals surface area contributed by atoms with E-state index in [9.17, 15) is 19.8 Å². The third-order valence-corrected chi connectivity index (χ3v) is 8.41. The molecule has 2 atom stereocenters. The van der Waals surface area contributed by atoms with Crippen molar-refractivity contribution in [2.75, 3.05) is 13.1 Å². The van der Waals surface area contributed by atoms with E-state index in [1.165, 1.54) is 11.1 Å². The van der Waals surface area contributed by atoms with Crippen molar-refractivity contribution in [3.05, 3.63) is 98.8 Å². The summed E-state index contributed by atoms with van der Waals surface area (Å²) in [6.07, 6.45) is 2.81. The van der Waals surface area contributed by atoms with Crippen LogP contribution in [0.15, 0.2) is 60.8 Å². The lowest BCUT2D eigenvalue weighted by Gasteiger charge is -2.40. The van der Waals surface area contributed by atoms with Crippen molar-refractivity contribution in [1.29, 1.82) is 0 Å². The van der Waals surface area contributed by atoms with E-state index in [1.807, 2.05) is 0 Å². The molecular formula is C29H29Cl2N3O4. The van der Waals surface area contributed by atoms with Crippen LogP contribution in [0.1, 0.15) is 59.4 Å². The van der Waals surface area contributed by atoms with Crippen LogP contribution >= 0.6 is 23.2 Å². The van der Waals surface area contributed by atoms with E-state index in [4.69, 9.17) is 23.2 Å². The Balaban J connectivity index is 1.53. The Morgan fingerprint density at radius 2 is 1.74 bits per heavy atom. The summed E-state index contributed by atoms with van der Waals surface area (Å²) in [5.41, 5.74) is -0.612. The van der Waals surface area contributed by atoms with Crippen molar-refractivity contribution in [2.24, 2.45) is 5.92 Å². The quantitative estimate of drug-likeness (QED) is 0.477. The fourth-order valence-corrected chi connectivity index (χ4v) is 5.85. The van der Waals surface area contributed by atoms with Crippen LogP contribution in [0.25, 0.3) is 0 Å². The minimum atomic E-state index is -1.77. The van der Waals surface area contributed by atoms with Gasteiger partial charge in [-0.3, -0.25) is 19.5 Å². The highest BCUT2D eigenvalue weighted by atomic mass is 35.5. The summed E-state index contributed by atoms with van der Waals surface area (Å²) in [5, 5.41) is 24.8. The highest BCUT2D eigenvalue weighted by molar-refractivity contribution is 6.30. The van der Waals surface area contributed by atoms with E-state index in [1.54, 1.807) is 73.3 Å². The Morgan fingerprint density at radius 3 is 2.34 bits per heavy atom. The van der Waals surface area contributed by atoms with Gasteiger partial charge in [0.1, 0.15) is 0 Å². The molecule has 2 amide bonds. The standard InChI is InChI=1S/C29H29Cl2N3O4/c1-18(35)33-13-11-19(12-14-33)28(2,37)21-5-10-26-25(15-21)27(36)34(17-24-9-8-23(31)16-32-24)29(26,38)20-3-6-22(30)7-4-20/h3-10,15-16,19,37-38H,11-14,17H2,1-2H3. The fraction of sp³-hybridized carbons (Fsp3) is 0.345. The second-order valence-electron chi connectivity index (χ2n) is 10.2. The van der Waals surface area contributed by atoms with Gasteiger partial charge in [0.25, 0.3) is 5.91 Å². The molecule has 2 N–H and O–H groups in total. The molecule has 2 aromatic carbocycles. The zero-order chi connectivity index (χ0) is 27.2. The molecule has 198 valence electrons. The van der Waals surface area contributed by atoms with Crippen molar-refractivity contribution in [3.8, 4) is 0 Å². The van der Waals surface area contributed by atoms with Gasteiger partial charge in [-0.2, -0.15) is 0 Å². The van der Waals surface area contributed by atoms with Crippen LogP contribution in [0.3, 0.4) is 0 Å². The number of halogens is 2. The van der Waals surface area contributed by atoms with Crippen LogP contribution in [0.4, 0.5) is 0 Å². The molecule has 0 saturated carbocycles. The topological polar surface area (TPSA) is 94.0 Å². The lowest BCUT2D eigenvalue weighted by Crippen LogP contribution is -2.44. The number of carbonyl (C=O) groups excluding carboxylic acids is 2. The van der Waals surface area contributed by atoms with Gasteiger partial charge in [-0.1, -0.05) is 47.5 Å². The summed E-state index contributed by atoms with van der Waals surface area (Å²) >= 11 is 12.1. The van der Waals surface area contributed by atoms with E-state index >= 15 is 0 Å². The molecule has 9 heteroatoms. The molecule has 1 saturated heterocycles. The smallest absolute Gasteiger partial charge is 0.257 e. The molecule has 1 aromatic heterocycles. The minimum Gasteiger partial charge on any atom is -0.385 e. The summed E-state index contributed by atoms with van der Waals surface area (Å²) in [4.78, 5) is 33.1. The van der Waals surface area contributed by atoms with Crippen molar-refractivity contribution in [1.82, 2.24) is 14.8 Å². The van der Waals surface area contributed by atoms with Gasteiger partial charge in [0, 0.05) is 47.9 Å². The lowest BCUT2D eigenvalue weighted by atomic mass is 9.76. The van der Waals surface area contributed by atoms with Gasteiger partial charge >= 0.3 is 0 Å². The number of fused-ring (bicyclic) bond motifs is 1. The van der Waals surface area contributed by atoms with Gasteiger partial charge in [-0.25, -0.2) is 0 Å². The summed E-state index contributed by atoms with van der Waals surface area (Å²) < 4.78 is 0. The first-order valence-electron chi connectivity index (χ1n) is 12.6. The number of aromatic nitrogens is 1. The number of pyridine rings is 1. The Morgan fingerprint density at radius 1 is 1.08 bits per heavy atom. The van der Waals surface area contributed by atoms with Crippen LogP contribution in [0, 0.1) is 5.92 Å². The van der Waals surface area contributed by atoms with Crippen LogP contribution in [0.5, 0.6) is 0 Å². The summed E-state index contributed by atoms with van der Waals surface area (Å²) in [6.45, 7) is 4.51. The molecule has 3 aromatic rings. The summed E-state index contributed by atoms with van der Waals surface area (Å²) in [6, 6.07) is 15.3. The number of carbonyl (C=O) groups is 2. The van der Waals surface area contributed by atoms with E-state index in [-0.39, 0.29) is 24.3 Å². The number of likely N-dealkylation sites (tertiary alicyclic amines) is 1. The molecule has 5 rings (SSSR count). The molecule has 0 bridgehead atoms. The summed E-state index contributed by atoms with van der Waals surface area (Å²) in [5.74, 6) is -0.432. The van der Waals surface area contributed by atoms with Gasteiger partial charge in [0.2, 0.25) is 5.91 Å². The number of benzene rings is 2. The first-order chi connectivity index (χ1) is 18.0. The maximum atomic E-state index is 13.9. The molecule has 7 nitrogen and oxygen atoms in total. The Kier molecular flexibility index (Phi) is 6.99. The maximum absolute atomic E-state index is 13.9. The van der Waals surface area contributed by atoms with Gasteiger partial charge in [0.05, 0.1) is 22.9 Å². The molecule has 0 aliphatic carbocycles. The second kappa shape index (κ2) is 9.97. The molecule has 2 aliphatic rings. The molecular weight excluding hydrogens is 525 g/mol. The largest absolute Gasteiger partial charge is 0.385 e. The molecule has 0 spiro atoms. The molecule has 2 aliphatic heterocycles. The average molecular weight is 554 g/mol. The second-order valence-corrected chi connectivity index (χ2v) is 11.1. The number of hydrogen-bond acceptors (Lipinski definition) is 5. The van der Waals surface area contributed by atoms with Crippen molar-refractivity contribution >= 4 is 35.0 Å². The van der Waals surface area contributed by atoms with Crippen LogP contribution in [-0.2, 0) is 22.7 Å². The van der Waals surface area contributed by atoms with Crippen LogP contribution in [0.2, 0.25) is 10.0 Å². The van der Waals surface area contributed by atoms with Crippen LogP contribution < -0.4 is 0 Å². The molecule has 2 unspecified atom stereocenters. The Bertz CT molecular complexity index is 1370. The SMILES string of the molecule is CC(=O)N1CCC(C(C)(O)c2ccc3c(c2)C(=O)N(Cc2ccc(Cl)cn2)C3(O)c2ccc(Cl)cc2)CC1. The monoisotopic (exact) mass is 553 g/mol. The van der Waals surface area contributed by atoms with Crippen molar-refractivity contribution in [3.63, 3.8) is 0 Å². The zero-order valence-electron chi connectivity index (χ0n) is 21.2. The molecule has 3 heterocycles. The first kappa shape index (κ1) is 26.6. The molecule has 1 fully saturated rings. The van der Waals surface area contributed by atoms with Gasteiger partial charge in [0.15, 0.2) is 5.72 Å². The number of hydrogen-bond donors (Lipinski definition) is 2. The van der Waals surface area contributed by atoms with E-state index in [0.29, 0.717) is 63.9 Å². The van der Waals surface area contributed by atoms with Gasteiger partial charge in [-0.05, 0) is 61.6 Å². The van der Waals surface area contributed by atoms with Crippen molar-refractivity contribution < 1.29 is 19.8 Å². The molecule has 0 radical (unpaired) electrons. The number of nitrogens with zero attached hydrogens (tertiary/aromatic N) is 3. The fourth-order valence-electron chi connectivity index (χ4n) is 5.61. The predicted molar refractivity (Wildman–Crippen MR) is 145 cm³/mol. The third-order valence-electron chi connectivity index (χ3n) is 7.94. The van der Waals surface area contributed by atoms with Crippen molar-refractivity contribution in [2.45, 2.75) is 44.6 Å². The number of rotatable bonds is 5. The van der Waals surface area contributed by atoms with E-state index in [2.05, 4.69) is 4.98 Å². The third kappa shape index (κ3) is 4.58. The van der Waals surface area contributed by atoms with E-state index < -0.39 is 11.3 Å². The highest BCUT2D eigenvalue weighted by Crippen LogP contribution is 2.45. The number of piperidine rings is 1. The Hall–Kier alpha value is -2.97. The zero-order valence-corrected chi connectivity index (χ0v) is 22.7. The average Bonchev–Trinajstić information content (AvgIpc) is 3.12. The predicted octanol–water partition coefficient (Wildman–Crippen LogP) is 4.70. The summed E-state index contributed by atoms with van der Waals surface area (Å²) in [7, 11) is 0.